The van der Waals surface area contributed by atoms with Crippen molar-refractivity contribution in [2.45, 2.75) is 38.1 Å². The number of carboxylic acids is 2. The lowest BCUT2D eigenvalue weighted by molar-refractivity contribution is -0.134. The van der Waals surface area contributed by atoms with Crippen LogP contribution < -0.4 is 0 Å². The Morgan fingerprint density at radius 2 is 1.73 bits per heavy atom. The fraction of sp³-hybridized carbons (Fsp3) is 0.474. The van der Waals surface area contributed by atoms with E-state index in [1.54, 1.807) is 0 Å². The molecule has 1 aromatic carbocycles. The van der Waals surface area contributed by atoms with E-state index in [0.29, 0.717) is 27.6 Å². The van der Waals surface area contributed by atoms with Crippen molar-refractivity contribution in [3.8, 4) is 0 Å². The average molecular weight is 400 g/mol. The summed E-state index contributed by atoms with van der Waals surface area (Å²) in [5.74, 6) is -1.71. The summed E-state index contributed by atoms with van der Waals surface area (Å²) in [5.41, 5.74) is 1.98. The Morgan fingerprint density at radius 3 is 2.15 bits per heavy atom. The molecule has 1 saturated heterocycles. The number of carboxylic acid groups (broad SMARTS) is 2. The molecule has 2 unspecified atom stereocenters. The number of fused-ring (bicyclic) bond motifs is 1. The molecule has 1 aliphatic carbocycles. The predicted octanol–water partition coefficient (Wildman–Crippen LogP) is 4.08. The summed E-state index contributed by atoms with van der Waals surface area (Å²) >= 11 is 12.2. The molecule has 0 bridgehead atoms. The van der Waals surface area contributed by atoms with Crippen LogP contribution in [0.5, 0.6) is 0 Å². The molecule has 3 rings (SSSR count). The van der Waals surface area contributed by atoms with Crippen molar-refractivity contribution in [1.29, 1.82) is 0 Å². The van der Waals surface area contributed by atoms with Crippen LogP contribution in [0.15, 0.2) is 30.4 Å². The number of nitrogens with zero attached hydrogens (tertiary/aromatic N) is 1. The van der Waals surface area contributed by atoms with Gasteiger partial charge in [0.05, 0.1) is 10.0 Å². The van der Waals surface area contributed by atoms with Crippen molar-refractivity contribution in [3.63, 3.8) is 0 Å². The first-order chi connectivity index (χ1) is 12.0. The van der Waals surface area contributed by atoms with Gasteiger partial charge in [-0.2, -0.15) is 0 Å². The third-order valence-electron chi connectivity index (χ3n) is 4.96. The zero-order chi connectivity index (χ0) is 19.7. The number of hydrogen-bond donors (Lipinski definition) is 2. The van der Waals surface area contributed by atoms with Crippen LogP contribution in [0.1, 0.15) is 32.8 Å². The Bertz CT molecular complexity index is 726. The largest absolute Gasteiger partial charge is 0.478 e. The molecule has 7 heteroatoms. The second kappa shape index (κ2) is 7.59. The zero-order valence-corrected chi connectivity index (χ0v) is 16.5. The van der Waals surface area contributed by atoms with Crippen molar-refractivity contribution in [2.75, 3.05) is 13.1 Å². The van der Waals surface area contributed by atoms with Crippen LogP contribution in [-0.2, 0) is 15.0 Å². The van der Waals surface area contributed by atoms with Crippen molar-refractivity contribution < 1.29 is 19.8 Å². The number of halogens is 2. The fourth-order valence-corrected chi connectivity index (χ4v) is 3.69. The number of likely N-dealkylation sites (tertiary alicyclic amines) is 1. The highest BCUT2D eigenvalue weighted by Crippen LogP contribution is 2.60. The van der Waals surface area contributed by atoms with E-state index in [2.05, 4.69) is 37.8 Å². The van der Waals surface area contributed by atoms with E-state index >= 15 is 0 Å². The second-order valence-corrected chi connectivity index (χ2v) is 8.56. The van der Waals surface area contributed by atoms with E-state index in [9.17, 15) is 9.59 Å². The summed E-state index contributed by atoms with van der Waals surface area (Å²) in [7, 11) is 0. The Kier molecular flexibility index (Phi) is 6.06. The maximum Gasteiger partial charge on any atom is 0.328 e. The molecule has 0 radical (unpaired) electrons. The van der Waals surface area contributed by atoms with Gasteiger partial charge >= 0.3 is 11.9 Å². The molecule has 2 N–H and O–H groups in total. The molecule has 0 aromatic heterocycles. The molecule has 2 fully saturated rings. The molecule has 1 saturated carbocycles. The molecule has 2 atom stereocenters. The Labute approximate surface area is 163 Å². The maximum absolute atomic E-state index is 9.55. The van der Waals surface area contributed by atoms with Crippen LogP contribution in [0.2, 0.25) is 10.0 Å². The van der Waals surface area contributed by atoms with Gasteiger partial charge in [0.1, 0.15) is 0 Å². The van der Waals surface area contributed by atoms with Gasteiger partial charge in [0.25, 0.3) is 0 Å². The monoisotopic (exact) mass is 399 g/mol. The molecule has 1 aliphatic heterocycles. The molecule has 0 amide bonds. The second-order valence-electron chi connectivity index (χ2n) is 7.75. The van der Waals surface area contributed by atoms with Gasteiger partial charge in [-0.1, -0.05) is 29.3 Å². The van der Waals surface area contributed by atoms with Gasteiger partial charge in [-0.15, -0.1) is 0 Å². The van der Waals surface area contributed by atoms with E-state index in [1.807, 2.05) is 6.07 Å². The molecular weight excluding hydrogens is 377 g/mol. The molecule has 5 nitrogen and oxygen atoms in total. The minimum Gasteiger partial charge on any atom is -0.478 e. The van der Waals surface area contributed by atoms with Crippen molar-refractivity contribution in [3.05, 3.63) is 46.0 Å². The molecule has 1 heterocycles. The first-order valence-corrected chi connectivity index (χ1v) is 9.06. The Morgan fingerprint density at radius 1 is 1.15 bits per heavy atom. The van der Waals surface area contributed by atoms with Crippen LogP contribution in [-0.4, -0.2) is 45.7 Å². The molecule has 0 spiro atoms. The number of piperidine rings is 1. The van der Waals surface area contributed by atoms with Crippen LogP contribution in [0, 0.1) is 5.92 Å². The molecule has 1 aromatic rings. The number of hydrogen-bond acceptors (Lipinski definition) is 3. The van der Waals surface area contributed by atoms with Gasteiger partial charge in [-0.05, 0) is 50.8 Å². The van der Waals surface area contributed by atoms with Gasteiger partial charge in [0.15, 0.2) is 0 Å². The lowest BCUT2D eigenvalue weighted by Gasteiger charge is -2.34. The summed E-state index contributed by atoms with van der Waals surface area (Å²) < 4.78 is 0. The van der Waals surface area contributed by atoms with Crippen LogP contribution in [0.25, 0.3) is 0 Å². The summed E-state index contributed by atoms with van der Waals surface area (Å²) in [5, 5.41) is 17.0. The van der Waals surface area contributed by atoms with Gasteiger partial charge in [0.2, 0.25) is 0 Å². The zero-order valence-electron chi connectivity index (χ0n) is 15.0. The number of aliphatic carboxylic acids is 2. The van der Waals surface area contributed by atoms with E-state index in [1.165, 1.54) is 18.5 Å². The number of carbonyl (C=O) groups is 2. The number of rotatable bonds is 3. The molecule has 26 heavy (non-hydrogen) atoms. The third-order valence-corrected chi connectivity index (χ3v) is 5.70. The lowest BCUT2D eigenvalue weighted by atomic mass is 9.94. The highest BCUT2D eigenvalue weighted by Gasteiger charge is 2.61. The SMILES string of the molecule is CC(C)(C)N1CC2CC2(c2ccc(Cl)c(Cl)c2)C1.O=C(O)C=CC(=O)O. The Hall–Kier alpha value is -1.56. The van der Waals surface area contributed by atoms with Gasteiger partial charge in [0, 0.05) is 36.2 Å². The highest BCUT2D eigenvalue weighted by molar-refractivity contribution is 6.42. The molecule has 2 aliphatic rings. The first kappa shape index (κ1) is 20.7. The van der Waals surface area contributed by atoms with E-state index < -0.39 is 11.9 Å². The minimum absolute atomic E-state index is 0.261. The van der Waals surface area contributed by atoms with Crippen LogP contribution >= 0.6 is 23.2 Å². The van der Waals surface area contributed by atoms with Gasteiger partial charge in [-0.3, -0.25) is 4.90 Å². The smallest absolute Gasteiger partial charge is 0.328 e. The summed E-state index contributed by atoms with van der Waals surface area (Å²) in [6, 6.07) is 6.15. The highest BCUT2D eigenvalue weighted by atomic mass is 35.5. The van der Waals surface area contributed by atoms with E-state index in [0.717, 1.165) is 12.5 Å². The van der Waals surface area contributed by atoms with Crippen molar-refractivity contribution in [1.82, 2.24) is 4.90 Å². The summed E-state index contributed by atoms with van der Waals surface area (Å²) in [6.45, 7) is 9.24. The first-order valence-electron chi connectivity index (χ1n) is 8.30. The maximum atomic E-state index is 9.55. The van der Waals surface area contributed by atoms with Gasteiger partial charge < -0.3 is 10.2 Å². The van der Waals surface area contributed by atoms with Crippen LogP contribution in [0.4, 0.5) is 0 Å². The summed E-state index contributed by atoms with van der Waals surface area (Å²) in [6.07, 6.45) is 2.42. The lowest BCUT2D eigenvalue weighted by Crippen LogP contribution is -2.42. The summed E-state index contributed by atoms with van der Waals surface area (Å²) in [4.78, 5) is 21.7. The topological polar surface area (TPSA) is 77.8 Å². The third kappa shape index (κ3) is 4.78. The van der Waals surface area contributed by atoms with E-state index in [4.69, 9.17) is 33.4 Å². The van der Waals surface area contributed by atoms with Crippen molar-refractivity contribution >= 4 is 35.1 Å². The minimum atomic E-state index is -1.26. The quantitative estimate of drug-likeness (QED) is 0.748. The van der Waals surface area contributed by atoms with Crippen molar-refractivity contribution in [2.24, 2.45) is 5.92 Å². The number of benzene rings is 1. The van der Waals surface area contributed by atoms with Gasteiger partial charge in [-0.25, -0.2) is 9.59 Å². The Balaban J connectivity index is 0.000000260. The average Bonchev–Trinajstić information content (AvgIpc) is 3.09. The fourth-order valence-electron chi connectivity index (χ4n) is 3.39. The standard InChI is InChI=1S/C15H19Cl2N.C4H4O4/c1-14(2,3)18-8-11-7-15(11,9-18)10-4-5-12(16)13(17)6-10;5-3(6)1-2-4(7)8/h4-6,11H,7-9H2,1-3H3;1-2H,(H,5,6)(H,7,8). The predicted molar refractivity (Wildman–Crippen MR) is 102 cm³/mol. The van der Waals surface area contributed by atoms with Crippen LogP contribution in [0.3, 0.4) is 0 Å². The molecular formula is C19H23Cl2NO4. The normalized spacial score (nSPS) is 24.7. The molecule has 142 valence electrons. The van der Waals surface area contributed by atoms with E-state index in [-0.39, 0.29) is 5.54 Å².